The zero-order valence-corrected chi connectivity index (χ0v) is 15.0. The Morgan fingerprint density at radius 3 is 2.72 bits per heavy atom. The van der Waals surface area contributed by atoms with Crippen molar-refractivity contribution in [3.63, 3.8) is 0 Å². The van der Waals surface area contributed by atoms with Crippen molar-refractivity contribution in [2.24, 2.45) is 0 Å². The summed E-state index contributed by atoms with van der Waals surface area (Å²) in [6, 6.07) is 9.78. The number of benzene rings is 1. The van der Waals surface area contributed by atoms with E-state index in [0.717, 1.165) is 47.0 Å². The first kappa shape index (κ1) is 16.1. The number of methoxy groups -OCH3 is 1. The minimum absolute atomic E-state index is 0.261. The molecule has 0 amide bonds. The molecule has 1 aromatic heterocycles. The highest BCUT2D eigenvalue weighted by molar-refractivity contribution is 7.81. The smallest absolute Gasteiger partial charge is 0.163 e. The third-order valence-electron chi connectivity index (χ3n) is 4.80. The molecule has 0 spiro atoms. The van der Waals surface area contributed by atoms with Crippen LogP contribution in [0.3, 0.4) is 0 Å². The van der Waals surface area contributed by atoms with Gasteiger partial charge in [-0.2, -0.15) is 0 Å². The second kappa shape index (κ2) is 6.48. The third-order valence-corrected chi connectivity index (χ3v) is 5.17. The summed E-state index contributed by atoms with van der Waals surface area (Å²) in [6.45, 7) is 4.21. The van der Waals surface area contributed by atoms with Crippen LogP contribution in [0, 0.1) is 0 Å². The lowest BCUT2D eigenvalue weighted by atomic mass is 10.2. The Hall–Kier alpha value is -2.40. The highest BCUT2D eigenvalue weighted by Gasteiger charge is 2.30. The van der Waals surface area contributed by atoms with Crippen molar-refractivity contribution in [3.05, 3.63) is 54.4 Å². The molecule has 4 nitrogen and oxygen atoms in total. The van der Waals surface area contributed by atoms with Gasteiger partial charge in [-0.05, 0) is 49.9 Å². The van der Waals surface area contributed by atoms with E-state index in [1.807, 2.05) is 35.2 Å². The number of thiocarbonyl (C=S) groups is 1. The van der Waals surface area contributed by atoms with Crippen molar-refractivity contribution in [1.82, 2.24) is 4.98 Å². The molecule has 2 aliphatic rings. The highest BCUT2D eigenvalue weighted by atomic mass is 32.1. The fourth-order valence-corrected chi connectivity index (χ4v) is 3.89. The summed E-state index contributed by atoms with van der Waals surface area (Å²) in [6.07, 6.45) is 6.65. The van der Waals surface area contributed by atoms with E-state index in [1.54, 1.807) is 13.3 Å². The predicted octanol–water partition coefficient (Wildman–Crippen LogP) is 4.58. The molecule has 0 bridgehead atoms. The zero-order chi connectivity index (χ0) is 17.4. The fourth-order valence-electron chi connectivity index (χ4n) is 3.51. The predicted molar refractivity (Wildman–Crippen MR) is 103 cm³/mol. The van der Waals surface area contributed by atoms with Gasteiger partial charge in [0.15, 0.2) is 11.5 Å². The second-order valence-electron chi connectivity index (χ2n) is 6.35. The maximum Gasteiger partial charge on any atom is 0.163 e. The van der Waals surface area contributed by atoms with Crippen molar-refractivity contribution >= 4 is 28.6 Å². The standard InChI is InChI=1S/C20H20N2O2S/c1-13-16-8-5-11-21-19(16)20(25)22(13)14-9-10-17(23-2)18(12-14)24-15-6-3-4-7-15/h5,8-12,15H,1,3-4,6-7H2,2H3. The average molecular weight is 352 g/mol. The maximum absolute atomic E-state index is 6.20. The molecule has 1 aliphatic carbocycles. The van der Waals surface area contributed by atoms with Gasteiger partial charge in [0, 0.05) is 23.5 Å². The average Bonchev–Trinajstić information content (AvgIpc) is 3.23. The van der Waals surface area contributed by atoms with Crippen molar-refractivity contribution in [2.75, 3.05) is 12.0 Å². The third kappa shape index (κ3) is 2.78. The van der Waals surface area contributed by atoms with Crippen molar-refractivity contribution in [2.45, 2.75) is 31.8 Å². The largest absolute Gasteiger partial charge is 0.493 e. The molecule has 1 aliphatic heterocycles. The highest BCUT2D eigenvalue weighted by Crippen LogP contribution is 2.40. The maximum atomic E-state index is 6.20. The molecular formula is C20H20N2O2S. The van der Waals surface area contributed by atoms with Crippen LogP contribution in [-0.2, 0) is 0 Å². The van der Waals surface area contributed by atoms with Gasteiger partial charge in [0.25, 0.3) is 0 Å². The normalized spacial score (nSPS) is 17.1. The molecule has 1 fully saturated rings. The number of aromatic nitrogens is 1. The number of hydrogen-bond acceptors (Lipinski definition) is 4. The van der Waals surface area contributed by atoms with Gasteiger partial charge in [0.05, 0.1) is 18.9 Å². The molecule has 0 atom stereocenters. The molecule has 1 saturated carbocycles. The number of fused-ring (bicyclic) bond motifs is 1. The molecule has 4 rings (SSSR count). The second-order valence-corrected chi connectivity index (χ2v) is 6.73. The summed E-state index contributed by atoms with van der Waals surface area (Å²) >= 11 is 5.63. The molecule has 5 heteroatoms. The molecule has 1 aromatic carbocycles. The van der Waals surface area contributed by atoms with Gasteiger partial charge in [-0.3, -0.25) is 9.88 Å². The number of ether oxygens (including phenoxy) is 2. The number of hydrogen-bond donors (Lipinski definition) is 0. The van der Waals surface area contributed by atoms with Crippen LogP contribution >= 0.6 is 12.2 Å². The first-order valence-electron chi connectivity index (χ1n) is 8.52. The minimum Gasteiger partial charge on any atom is -0.493 e. The first-order chi connectivity index (χ1) is 12.2. The van der Waals surface area contributed by atoms with Gasteiger partial charge in [-0.25, -0.2) is 0 Å². The Morgan fingerprint density at radius 1 is 1.20 bits per heavy atom. The van der Waals surface area contributed by atoms with Crippen LogP contribution in [0.5, 0.6) is 11.5 Å². The topological polar surface area (TPSA) is 34.6 Å². The van der Waals surface area contributed by atoms with E-state index >= 15 is 0 Å². The molecule has 0 unspecified atom stereocenters. The first-order valence-corrected chi connectivity index (χ1v) is 8.93. The quantitative estimate of drug-likeness (QED) is 0.753. The van der Waals surface area contributed by atoms with Gasteiger partial charge in [0.2, 0.25) is 0 Å². The Kier molecular flexibility index (Phi) is 4.17. The lowest BCUT2D eigenvalue weighted by Gasteiger charge is -2.22. The van der Waals surface area contributed by atoms with E-state index in [0.29, 0.717) is 4.99 Å². The fraction of sp³-hybridized carbons (Fsp3) is 0.300. The van der Waals surface area contributed by atoms with Gasteiger partial charge in [0.1, 0.15) is 10.7 Å². The van der Waals surface area contributed by atoms with Crippen molar-refractivity contribution in [1.29, 1.82) is 0 Å². The zero-order valence-electron chi connectivity index (χ0n) is 14.2. The lowest BCUT2D eigenvalue weighted by molar-refractivity contribution is 0.201. The number of nitrogens with zero attached hydrogens (tertiary/aromatic N) is 2. The minimum atomic E-state index is 0.261. The van der Waals surface area contributed by atoms with Crippen LogP contribution in [-0.4, -0.2) is 23.2 Å². The molecule has 2 heterocycles. The Balaban J connectivity index is 1.69. The summed E-state index contributed by atoms with van der Waals surface area (Å²) in [5, 5.41) is 0. The molecule has 128 valence electrons. The molecule has 0 radical (unpaired) electrons. The van der Waals surface area contributed by atoms with Crippen LogP contribution in [0.4, 0.5) is 5.69 Å². The molecular weight excluding hydrogens is 332 g/mol. The summed E-state index contributed by atoms with van der Waals surface area (Å²) in [7, 11) is 1.66. The molecule has 0 saturated heterocycles. The SMILES string of the molecule is C=C1c2cccnc2C(=S)N1c1ccc(OC)c(OC2CCCC2)c1. The monoisotopic (exact) mass is 352 g/mol. The summed E-state index contributed by atoms with van der Waals surface area (Å²) in [4.78, 5) is 7.02. The number of rotatable bonds is 4. The van der Waals surface area contributed by atoms with Gasteiger partial charge < -0.3 is 9.47 Å². The number of pyridine rings is 1. The van der Waals surface area contributed by atoms with Crippen LogP contribution in [0.15, 0.2) is 43.1 Å². The molecule has 0 N–H and O–H groups in total. The summed E-state index contributed by atoms with van der Waals surface area (Å²) < 4.78 is 11.7. The molecule has 25 heavy (non-hydrogen) atoms. The van der Waals surface area contributed by atoms with Crippen LogP contribution in [0.25, 0.3) is 5.70 Å². The Bertz CT molecular complexity index is 808. The summed E-state index contributed by atoms with van der Waals surface area (Å²) in [5.74, 6) is 1.49. The van der Waals surface area contributed by atoms with E-state index in [4.69, 9.17) is 21.7 Å². The van der Waals surface area contributed by atoms with Crippen molar-refractivity contribution in [3.8, 4) is 11.5 Å². The van der Waals surface area contributed by atoms with Crippen molar-refractivity contribution < 1.29 is 9.47 Å². The van der Waals surface area contributed by atoms with E-state index < -0.39 is 0 Å². The number of anilines is 1. The van der Waals surface area contributed by atoms with Gasteiger partial charge >= 0.3 is 0 Å². The molecule has 2 aromatic rings. The van der Waals surface area contributed by atoms with Crippen LogP contribution < -0.4 is 14.4 Å². The Labute approximate surface area is 153 Å². The van der Waals surface area contributed by atoms with E-state index in [9.17, 15) is 0 Å². The summed E-state index contributed by atoms with van der Waals surface area (Å²) in [5.41, 5.74) is 3.53. The van der Waals surface area contributed by atoms with E-state index in [-0.39, 0.29) is 6.10 Å². The van der Waals surface area contributed by atoms with Gasteiger partial charge in [-0.1, -0.05) is 18.8 Å². The van der Waals surface area contributed by atoms with Gasteiger partial charge in [-0.15, -0.1) is 0 Å². The Morgan fingerprint density at radius 2 is 2.00 bits per heavy atom. The van der Waals surface area contributed by atoms with E-state index in [2.05, 4.69) is 11.6 Å². The van der Waals surface area contributed by atoms with Crippen LogP contribution in [0.2, 0.25) is 0 Å². The van der Waals surface area contributed by atoms with Crippen LogP contribution in [0.1, 0.15) is 36.9 Å². The lowest BCUT2D eigenvalue weighted by Crippen LogP contribution is -2.21. The van der Waals surface area contributed by atoms with E-state index in [1.165, 1.54) is 12.8 Å².